The van der Waals surface area contributed by atoms with Gasteiger partial charge in [0.15, 0.2) is 0 Å². The molecule has 2 aromatic carbocycles. The summed E-state index contributed by atoms with van der Waals surface area (Å²) in [7, 11) is 0. The molecule has 0 aromatic heterocycles. The molecule has 5 nitrogen and oxygen atoms in total. The number of carbonyl (C=O) groups is 2. The summed E-state index contributed by atoms with van der Waals surface area (Å²) in [6, 6.07) is 18.8. The van der Waals surface area contributed by atoms with Gasteiger partial charge in [0.05, 0.1) is 0 Å². The van der Waals surface area contributed by atoms with Gasteiger partial charge in [-0.05, 0) is 30.4 Å². The molecule has 0 saturated heterocycles. The molecule has 0 spiro atoms. The van der Waals surface area contributed by atoms with Crippen LogP contribution in [0.1, 0.15) is 36.3 Å². The van der Waals surface area contributed by atoms with Crippen molar-refractivity contribution in [3.8, 4) is 0 Å². The third kappa shape index (κ3) is 3.65. The van der Waals surface area contributed by atoms with Gasteiger partial charge in [-0.1, -0.05) is 60.7 Å². The first-order chi connectivity index (χ1) is 12.1. The first-order valence-corrected chi connectivity index (χ1v) is 8.39. The van der Waals surface area contributed by atoms with Crippen molar-refractivity contribution in [1.29, 1.82) is 0 Å². The largest absolute Gasteiger partial charge is 0.479 e. The van der Waals surface area contributed by atoms with Crippen LogP contribution in [-0.4, -0.2) is 22.7 Å². The van der Waals surface area contributed by atoms with E-state index in [9.17, 15) is 14.7 Å². The highest BCUT2D eigenvalue weighted by atomic mass is 16.5. The fourth-order valence-electron chi connectivity index (χ4n) is 3.54. The maximum absolute atomic E-state index is 12.3. The number of benzene rings is 2. The zero-order chi connectivity index (χ0) is 17.7. The molecule has 0 bridgehead atoms. The van der Waals surface area contributed by atoms with Crippen LogP contribution in [0, 0.1) is 0 Å². The smallest absolute Gasteiger partial charge is 0.408 e. The lowest BCUT2D eigenvalue weighted by Crippen LogP contribution is -2.56. The number of hydrogen-bond acceptors (Lipinski definition) is 3. The van der Waals surface area contributed by atoms with Crippen LogP contribution >= 0.6 is 0 Å². The van der Waals surface area contributed by atoms with Crippen molar-refractivity contribution in [3.05, 3.63) is 71.8 Å². The van der Waals surface area contributed by atoms with E-state index in [0.29, 0.717) is 6.42 Å². The number of ether oxygens (including phenoxy) is 1. The van der Waals surface area contributed by atoms with Gasteiger partial charge in [-0.15, -0.1) is 0 Å². The minimum atomic E-state index is -1.32. The van der Waals surface area contributed by atoms with Crippen LogP contribution in [0.3, 0.4) is 0 Å². The lowest BCUT2D eigenvalue weighted by Gasteiger charge is -2.32. The summed E-state index contributed by atoms with van der Waals surface area (Å²) < 4.78 is 5.24. The van der Waals surface area contributed by atoms with Crippen molar-refractivity contribution >= 4 is 12.1 Å². The van der Waals surface area contributed by atoms with E-state index in [1.807, 2.05) is 60.7 Å². The monoisotopic (exact) mass is 339 g/mol. The number of carbonyl (C=O) groups excluding carboxylic acids is 1. The van der Waals surface area contributed by atoms with Crippen LogP contribution in [0.2, 0.25) is 0 Å². The van der Waals surface area contributed by atoms with Crippen LogP contribution in [0.5, 0.6) is 0 Å². The molecule has 1 amide bonds. The number of carboxylic acid groups (broad SMARTS) is 1. The minimum absolute atomic E-state index is 0.110. The summed E-state index contributed by atoms with van der Waals surface area (Å²) in [5.74, 6) is -1.29. The van der Waals surface area contributed by atoms with E-state index in [4.69, 9.17) is 4.74 Å². The molecular formula is C20H21NO4. The molecule has 2 N–H and O–H groups in total. The van der Waals surface area contributed by atoms with E-state index in [0.717, 1.165) is 24.0 Å². The van der Waals surface area contributed by atoms with E-state index in [2.05, 4.69) is 5.32 Å². The molecule has 2 atom stereocenters. The van der Waals surface area contributed by atoms with Gasteiger partial charge in [0.1, 0.15) is 12.1 Å². The molecule has 0 aliphatic heterocycles. The van der Waals surface area contributed by atoms with Gasteiger partial charge in [-0.25, -0.2) is 9.59 Å². The Labute approximate surface area is 146 Å². The summed E-state index contributed by atoms with van der Waals surface area (Å²) in [6.45, 7) is 0.110. The molecule has 3 rings (SSSR count). The summed E-state index contributed by atoms with van der Waals surface area (Å²) in [5.41, 5.74) is 0.452. The Bertz CT molecular complexity index is 732. The van der Waals surface area contributed by atoms with E-state index < -0.39 is 17.6 Å². The van der Waals surface area contributed by atoms with Crippen LogP contribution < -0.4 is 5.32 Å². The highest BCUT2D eigenvalue weighted by Crippen LogP contribution is 2.43. The van der Waals surface area contributed by atoms with Crippen molar-refractivity contribution in [1.82, 2.24) is 5.32 Å². The lowest BCUT2D eigenvalue weighted by atomic mass is 9.82. The maximum Gasteiger partial charge on any atom is 0.408 e. The minimum Gasteiger partial charge on any atom is -0.479 e. The van der Waals surface area contributed by atoms with Crippen molar-refractivity contribution < 1.29 is 19.4 Å². The Morgan fingerprint density at radius 3 is 2.36 bits per heavy atom. The van der Waals surface area contributed by atoms with Crippen LogP contribution in [0.25, 0.3) is 0 Å². The zero-order valence-electron chi connectivity index (χ0n) is 13.9. The Kier molecular flexibility index (Phi) is 5.03. The van der Waals surface area contributed by atoms with Gasteiger partial charge in [0.25, 0.3) is 0 Å². The van der Waals surface area contributed by atoms with Crippen LogP contribution in [0.4, 0.5) is 4.79 Å². The zero-order valence-corrected chi connectivity index (χ0v) is 13.9. The van der Waals surface area contributed by atoms with Gasteiger partial charge in [0, 0.05) is 5.92 Å². The topological polar surface area (TPSA) is 75.6 Å². The second kappa shape index (κ2) is 7.38. The Morgan fingerprint density at radius 2 is 1.72 bits per heavy atom. The second-order valence-corrected chi connectivity index (χ2v) is 6.32. The van der Waals surface area contributed by atoms with Gasteiger partial charge < -0.3 is 15.2 Å². The third-order valence-electron chi connectivity index (χ3n) is 4.78. The number of hydrogen-bond donors (Lipinski definition) is 2. The molecule has 130 valence electrons. The molecule has 0 radical (unpaired) electrons. The number of nitrogens with one attached hydrogen (secondary N) is 1. The number of aliphatic carboxylic acids is 1. The SMILES string of the molecule is O=C(N[C@]1(C(=O)O)CCC[C@@H]1c1ccccc1)OCc1ccccc1. The molecule has 2 aromatic rings. The average molecular weight is 339 g/mol. The summed E-state index contributed by atoms with van der Waals surface area (Å²) in [6.07, 6.45) is 1.15. The van der Waals surface area contributed by atoms with Gasteiger partial charge in [-0.2, -0.15) is 0 Å². The van der Waals surface area contributed by atoms with E-state index in [-0.39, 0.29) is 12.5 Å². The van der Waals surface area contributed by atoms with Gasteiger partial charge >= 0.3 is 12.1 Å². The number of rotatable bonds is 5. The van der Waals surface area contributed by atoms with Crippen LogP contribution in [-0.2, 0) is 16.1 Å². The molecule has 5 heteroatoms. The standard InChI is InChI=1S/C20H21NO4/c22-18(23)20(13-7-12-17(20)16-10-5-2-6-11-16)21-19(24)25-14-15-8-3-1-4-9-15/h1-6,8-11,17H,7,12-14H2,(H,21,24)(H,22,23)/t17-,20-/m1/s1. The fraction of sp³-hybridized carbons (Fsp3) is 0.300. The average Bonchev–Trinajstić information content (AvgIpc) is 3.06. The molecule has 1 aliphatic carbocycles. The van der Waals surface area contributed by atoms with E-state index >= 15 is 0 Å². The first kappa shape index (κ1) is 17.0. The second-order valence-electron chi connectivity index (χ2n) is 6.32. The molecule has 1 saturated carbocycles. The van der Waals surface area contributed by atoms with Crippen molar-refractivity contribution in [2.45, 2.75) is 37.3 Å². The predicted molar refractivity (Wildman–Crippen MR) is 93.2 cm³/mol. The molecular weight excluding hydrogens is 318 g/mol. The number of alkyl carbamates (subject to hydrolysis) is 1. The van der Waals surface area contributed by atoms with E-state index in [1.54, 1.807) is 0 Å². The number of carboxylic acids is 1. The van der Waals surface area contributed by atoms with Crippen LogP contribution in [0.15, 0.2) is 60.7 Å². The first-order valence-electron chi connectivity index (χ1n) is 8.39. The molecule has 0 unspecified atom stereocenters. The summed E-state index contributed by atoms with van der Waals surface area (Å²) in [4.78, 5) is 24.3. The third-order valence-corrected chi connectivity index (χ3v) is 4.78. The van der Waals surface area contributed by atoms with Crippen molar-refractivity contribution in [2.75, 3.05) is 0 Å². The maximum atomic E-state index is 12.3. The van der Waals surface area contributed by atoms with Gasteiger partial charge in [0.2, 0.25) is 0 Å². The van der Waals surface area contributed by atoms with E-state index in [1.165, 1.54) is 0 Å². The van der Waals surface area contributed by atoms with Crippen molar-refractivity contribution in [3.63, 3.8) is 0 Å². The quantitative estimate of drug-likeness (QED) is 0.871. The Morgan fingerprint density at radius 1 is 1.08 bits per heavy atom. The number of amides is 1. The highest BCUT2D eigenvalue weighted by molar-refractivity contribution is 5.86. The summed E-state index contributed by atoms with van der Waals surface area (Å²) in [5, 5.41) is 12.5. The van der Waals surface area contributed by atoms with Crippen molar-refractivity contribution in [2.24, 2.45) is 0 Å². The molecule has 1 fully saturated rings. The lowest BCUT2D eigenvalue weighted by molar-refractivity contribution is -0.145. The Balaban J connectivity index is 1.74. The predicted octanol–water partition coefficient (Wildman–Crippen LogP) is 3.70. The molecule has 25 heavy (non-hydrogen) atoms. The van der Waals surface area contributed by atoms with Gasteiger partial charge in [-0.3, -0.25) is 0 Å². The molecule has 0 heterocycles. The Hall–Kier alpha value is -2.82. The normalized spacial score (nSPS) is 22.3. The fourth-order valence-corrected chi connectivity index (χ4v) is 3.54. The molecule has 1 aliphatic rings. The highest BCUT2D eigenvalue weighted by Gasteiger charge is 2.51. The summed E-state index contributed by atoms with van der Waals surface area (Å²) >= 11 is 0.